The molecule has 17 nitrogen and oxygen atoms in total. The first-order chi connectivity index (χ1) is 22.6. The van der Waals surface area contributed by atoms with Crippen LogP contribution in [0.1, 0.15) is 67.7 Å². The number of hydrogen-bond donors (Lipinski definition) is 5. The Morgan fingerprint density at radius 3 is 2.38 bits per heavy atom. The predicted molar refractivity (Wildman–Crippen MR) is 181 cm³/mol. The van der Waals surface area contributed by atoms with Crippen molar-refractivity contribution in [2.75, 3.05) is 40.7 Å². The molecule has 1 unspecified atom stereocenters. The number of aromatic nitrogens is 3. The Morgan fingerprint density at radius 1 is 1.02 bits per heavy atom. The van der Waals surface area contributed by atoms with Gasteiger partial charge in [-0.2, -0.15) is 20.1 Å². The second-order valence-corrected chi connectivity index (χ2v) is 12.2. The van der Waals surface area contributed by atoms with Crippen molar-refractivity contribution in [2.45, 2.75) is 79.3 Å². The Kier molecular flexibility index (Phi) is 13.1. The van der Waals surface area contributed by atoms with E-state index in [1.165, 1.54) is 6.92 Å². The molecule has 0 aliphatic rings. The Bertz CT molecular complexity index is 1600. The van der Waals surface area contributed by atoms with Gasteiger partial charge >= 0.3 is 23.9 Å². The van der Waals surface area contributed by atoms with Gasteiger partial charge in [-0.05, 0) is 60.1 Å². The molecule has 1 atom stereocenters. The number of carbonyl (C=O) groups is 3. The van der Waals surface area contributed by atoms with Gasteiger partial charge in [0.25, 0.3) is 0 Å². The minimum Gasteiger partial charge on any atom is -0.481 e. The number of carbonyl (C=O) groups excluding carboxylic acids is 1. The van der Waals surface area contributed by atoms with Crippen LogP contribution in [-0.4, -0.2) is 80.2 Å². The van der Waals surface area contributed by atoms with Gasteiger partial charge in [-0.1, -0.05) is 19.1 Å². The molecule has 17 heteroatoms. The van der Waals surface area contributed by atoms with Crippen molar-refractivity contribution >= 4 is 64.1 Å². The van der Waals surface area contributed by atoms with Crippen LogP contribution in [0, 0.1) is 5.92 Å². The highest BCUT2D eigenvalue weighted by molar-refractivity contribution is 5.83. The molecule has 0 spiro atoms. The number of oxazole rings is 1. The summed E-state index contributed by atoms with van der Waals surface area (Å²) in [6.07, 6.45) is -0.0105. The lowest BCUT2D eigenvalue weighted by Crippen LogP contribution is -2.27. The average molecular weight is 669 g/mol. The summed E-state index contributed by atoms with van der Waals surface area (Å²) in [5, 5.41) is 42.5. The number of hydrazone groups is 1. The molecule has 3 rings (SSSR count). The molecule has 0 radical (unpaired) electrons. The predicted octanol–water partition coefficient (Wildman–Crippen LogP) is 5.50. The first-order valence-corrected chi connectivity index (χ1v) is 15.5. The fourth-order valence-electron chi connectivity index (χ4n) is 3.97. The van der Waals surface area contributed by atoms with Crippen LogP contribution < -0.4 is 21.0 Å². The third kappa shape index (κ3) is 11.8. The summed E-state index contributed by atoms with van der Waals surface area (Å²) >= 11 is 0. The van der Waals surface area contributed by atoms with E-state index >= 15 is 0 Å². The summed E-state index contributed by atoms with van der Waals surface area (Å²) in [4.78, 5) is 47.7. The SMILES string of the molecule is C/C(N=Nc1c(NCCCOC(=O)CC(C)C(=O)O)nc(NCCC(=O)O)nc1NC(C)(C)C)=N\N(c1nc2ccccc2o1)C(C)C. The van der Waals surface area contributed by atoms with E-state index in [4.69, 9.17) is 19.4 Å². The number of carboxylic acid groups (broad SMARTS) is 2. The Hall–Kier alpha value is -5.35. The number of anilines is 4. The molecule has 1 aromatic carbocycles. The minimum atomic E-state index is -1.07. The fraction of sp³-hybridized carbons (Fsp3) is 0.516. The smallest absolute Gasteiger partial charge is 0.319 e. The highest BCUT2D eigenvalue weighted by Gasteiger charge is 2.21. The zero-order chi connectivity index (χ0) is 35.4. The second-order valence-electron chi connectivity index (χ2n) is 12.2. The molecule has 2 aromatic heterocycles. The van der Waals surface area contributed by atoms with Gasteiger partial charge in [0.2, 0.25) is 5.95 Å². The molecule has 0 amide bonds. The van der Waals surface area contributed by atoms with E-state index in [1.807, 2.05) is 58.9 Å². The maximum atomic E-state index is 12.0. The summed E-state index contributed by atoms with van der Waals surface area (Å²) in [5.41, 5.74) is 1.12. The van der Waals surface area contributed by atoms with Crippen LogP contribution in [0.25, 0.3) is 11.1 Å². The molecular formula is C31H44N10O7. The molecule has 0 bridgehead atoms. The van der Waals surface area contributed by atoms with Crippen LogP contribution in [0.15, 0.2) is 44.0 Å². The van der Waals surface area contributed by atoms with Crippen molar-refractivity contribution < 1.29 is 33.8 Å². The van der Waals surface area contributed by atoms with Crippen LogP contribution in [-0.2, 0) is 19.1 Å². The lowest BCUT2D eigenvalue weighted by atomic mass is 10.1. The number of rotatable bonds is 17. The number of fused-ring (bicyclic) bond motifs is 1. The van der Waals surface area contributed by atoms with Crippen molar-refractivity contribution in [3.05, 3.63) is 24.3 Å². The number of azo groups is 1. The minimum absolute atomic E-state index is 0.0452. The highest BCUT2D eigenvalue weighted by Crippen LogP contribution is 2.34. The van der Waals surface area contributed by atoms with E-state index in [2.05, 4.69) is 46.2 Å². The summed E-state index contributed by atoms with van der Waals surface area (Å²) in [5.74, 6) is -2.47. The number of benzene rings is 1. The topological polar surface area (TPSA) is 229 Å². The second kappa shape index (κ2) is 17.0. The maximum Gasteiger partial charge on any atom is 0.319 e. The molecule has 48 heavy (non-hydrogen) atoms. The van der Waals surface area contributed by atoms with Crippen LogP contribution in [0.3, 0.4) is 0 Å². The summed E-state index contributed by atoms with van der Waals surface area (Å²) in [7, 11) is 0. The van der Waals surface area contributed by atoms with Gasteiger partial charge in [0.15, 0.2) is 28.7 Å². The number of para-hydroxylation sites is 2. The molecule has 0 fully saturated rings. The number of aliphatic carboxylic acids is 2. The number of nitrogens with zero attached hydrogens (tertiary/aromatic N) is 7. The van der Waals surface area contributed by atoms with Gasteiger partial charge in [-0.3, -0.25) is 14.4 Å². The van der Waals surface area contributed by atoms with Crippen molar-refractivity contribution in [1.82, 2.24) is 15.0 Å². The molecule has 0 aliphatic carbocycles. The molecule has 0 saturated carbocycles. The number of hydrogen-bond acceptors (Lipinski definition) is 14. The normalized spacial score (nSPS) is 12.7. The largest absolute Gasteiger partial charge is 0.481 e. The molecular weight excluding hydrogens is 624 g/mol. The zero-order valence-corrected chi connectivity index (χ0v) is 28.3. The standard InChI is InChI=1S/C31H44N10O7/c1-18(2)41(30-34-21-11-8-9-12-22(21)48-30)40-20(4)38-39-25-26(32-14-10-16-47-24(44)17-19(3)28(45)46)35-29(33-15-13-23(42)43)36-27(25)37-31(5,6)7/h8-9,11-12,18-19H,10,13-17H2,1-7H3,(H,42,43)(H,45,46)(H3,32,33,35,36,37)/b39-38?,40-20+. The lowest BCUT2D eigenvalue weighted by molar-refractivity contribution is -0.151. The average Bonchev–Trinajstić information content (AvgIpc) is 3.42. The van der Waals surface area contributed by atoms with E-state index in [0.717, 1.165) is 0 Å². The fourth-order valence-corrected chi connectivity index (χ4v) is 3.97. The van der Waals surface area contributed by atoms with Crippen LogP contribution in [0.5, 0.6) is 0 Å². The molecule has 260 valence electrons. The van der Waals surface area contributed by atoms with E-state index in [1.54, 1.807) is 11.9 Å². The van der Waals surface area contributed by atoms with Gasteiger partial charge in [-0.15, -0.1) is 10.2 Å². The van der Waals surface area contributed by atoms with Crippen LogP contribution >= 0.6 is 0 Å². The van der Waals surface area contributed by atoms with E-state index < -0.39 is 29.4 Å². The molecule has 5 N–H and O–H groups in total. The Morgan fingerprint density at radius 2 is 1.73 bits per heavy atom. The first kappa shape index (κ1) is 37.1. The van der Waals surface area contributed by atoms with Crippen LogP contribution in [0.2, 0.25) is 0 Å². The van der Waals surface area contributed by atoms with Gasteiger partial charge in [0, 0.05) is 18.6 Å². The quantitative estimate of drug-likeness (QED) is 0.0299. The van der Waals surface area contributed by atoms with Crippen molar-refractivity contribution in [1.29, 1.82) is 0 Å². The third-order valence-electron chi connectivity index (χ3n) is 6.29. The molecule has 2 heterocycles. The van der Waals surface area contributed by atoms with E-state index in [9.17, 15) is 14.4 Å². The zero-order valence-electron chi connectivity index (χ0n) is 28.3. The van der Waals surface area contributed by atoms with Gasteiger partial charge in [0.05, 0.1) is 31.4 Å². The third-order valence-corrected chi connectivity index (χ3v) is 6.29. The van der Waals surface area contributed by atoms with Gasteiger partial charge in [0.1, 0.15) is 5.52 Å². The maximum absolute atomic E-state index is 12.0. The first-order valence-electron chi connectivity index (χ1n) is 15.5. The molecule has 3 aromatic rings. The Labute approximate surface area is 278 Å². The van der Waals surface area contributed by atoms with Crippen molar-refractivity contribution in [2.24, 2.45) is 21.2 Å². The molecule has 0 saturated heterocycles. The van der Waals surface area contributed by atoms with Crippen molar-refractivity contribution in [3.8, 4) is 0 Å². The van der Waals surface area contributed by atoms with E-state index in [-0.39, 0.29) is 61.9 Å². The van der Waals surface area contributed by atoms with E-state index in [0.29, 0.717) is 29.4 Å². The summed E-state index contributed by atoms with van der Waals surface area (Å²) in [6.45, 7) is 13.2. The Balaban J connectivity index is 1.89. The monoisotopic (exact) mass is 668 g/mol. The van der Waals surface area contributed by atoms with Gasteiger partial charge < -0.3 is 35.3 Å². The number of carboxylic acids is 2. The number of amidine groups is 1. The lowest BCUT2D eigenvalue weighted by Gasteiger charge is -2.23. The number of nitrogens with one attached hydrogen (secondary N) is 3. The van der Waals surface area contributed by atoms with Crippen LogP contribution in [0.4, 0.5) is 29.3 Å². The summed E-state index contributed by atoms with van der Waals surface area (Å²) < 4.78 is 11.1. The summed E-state index contributed by atoms with van der Waals surface area (Å²) in [6, 6.07) is 7.58. The molecule has 0 aliphatic heterocycles. The number of ether oxygens (including phenoxy) is 1. The highest BCUT2D eigenvalue weighted by atomic mass is 16.5. The van der Waals surface area contributed by atoms with Crippen molar-refractivity contribution in [3.63, 3.8) is 0 Å². The van der Waals surface area contributed by atoms with Gasteiger partial charge in [-0.25, -0.2) is 5.01 Å². The number of esters is 1.